The summed E-state index contributed by atoms with van der Waals surface area (Å²) in [7, 11) is -4.04. The number of carbonyl (C=O) groups excluding carboxylic acids is 1. The molecule has 2 fully saturated rings. The van der Waals surface area contributed by atoms with Crippen LogP contribution in [0.4, 0.5) is 10.5 Å². The molecule has 1 amide bonds. The molecule has 0 aromatic heterocycles. The first kappa shape index (κ1) is 29.9. The minimum absolute atomic E-state index is 0.0274. The summed E-state index contributed by atoms with van der Waals surface area (Å²) in [6.45, 7) is 4.62. The lowest BCUT2D eigenvalue weighted by atomic mass is 9.99. The molecule has 0 spiro atoms. The minimum atomic E-state index is -4.04. The summed E-state index contributed by atoms with van der Waals surface area (Å²) in [5.74, 6) is -0.0603. The lowest BCUT2D eigenvalue weighted by Crippen LogP contribution is -2.55. The molecule has 2 aromatic rings. The normalized spacial score (nSPS) is 22.2. The Balaban J connectivity index is 1.51. The molecule has 0 aliphatic carbocycles. The van der Waals surface area contributed by atoms with E-state index >= 15 is 0 Å². The number of sulfonamides is 1. The van der Waals surface area contributed by atoms with E-state index in [9.17, 15) is 23.3 Å². The van der Waals surface area contributed by atoms with Gasteiger partial charge in [-0.3, -0.25) is 10.1 Å². The molecule has 2 aromatic carbocycles. The Hall–Kier alpha value is -3.10. The summed E-state index contributed by atoms with van der Waals surface area (Å²) in [5.41, 5.74) is 7.31. The molecule has 0 saturated carbocycles. The molecule has 2 aliphatic rings. The largest absolute Gasteiger partial charge is 0.443 e. The van der Waals surface area contributed by atoms with Crippen LogP contribution in [-0.2, 0) is 30.7 Å². The van der Waals surface area contributed by atoms with Crippen molar-refractivity contribution < 1.29 is 32.3 Å². The third-order valence-corrected chi connectivity index (χ3v) is 8.88. The van der Waals surface area contributed by atoms with Crippen LogP contribution in [0.15, 0.2) is 59.5 Å². The van der Waals surface area contributed by atoms with Crippen molar-refractivity contribution in [2.24, 2.45) is 17.6 Å². The molecule has 5 atom stereocenters. The number of nitro groups is 1. The summed E-state index contributed by atoms with van der Waals surface area (Å²) in [6, 6.07) is 12.7. The lowest BCUT2D eigenvalue weighted by Gasteiger charge is -2.31. The van der Waals surface area contributed by atoms with Crippen LogP contribution >= 0.6 is 0 Å². The van der Waals surface area contributed by atoms with Crippen molar-refractivity contribution in [3.8, 4) is 0 Å². The van der Waals surface area contributed by atoms with Crippen molar-refractivity contribution >= 4 is 21.8 Å². The Morgan fingerprint density at radius 2 is 1.85 bits per heavy atom. The fourth-order valence-corrected chi connectivity index (χ4v) is 6.62. The van der Waals surface area contributed by atoms with Gasteiger partial charge in [0.05, 0.1) is 35.0 Å². The van der Waals surface area contributed by atoms with E-state index in [1.54, 1.807) is 0 Å². The van der Waals surface area contributed by atoms with Gasteiger partial charge in [0.25, 0.3) is 5.69 Å². The van der Waals surface area contributed by atoms with Crippen molar-refractivity contribution in [2.75, 3.05) is 26.3 Å². The van der Waals surface area contributed by atoms with Crippen LogP contribution in [0.25, 0.3) is 0 Å². The van der Waals surface area contributed by atoms with E-state index in [1.807, 2.05) is 44.2 Å². The Morgan fingerprint density at radius 3 is 2.50 bits per heavy atom. The number of nitrogens with two attached hydrogens (primary N) is 1. The monoisotopic (exact) mass is 576 g/mol. The third-order valence-electron chi connectivity index (χ3n) is 7.03. The van der Waals surface area contributed by atoms with Gasteiger partial charge in [0.15, 0.2) is 6.29 Å². The molecule has 2 saturated heterocycles. The van der Waals surface area contributed by atoms with Crippen molar-refractivity contribution in [2.45, 2.75) is 56.1 Å². The van der Waals surface area contributed by atoms with E-state index in [2.05, 4.69) is 5.32 Å². The van der Waals surface area contributed by atoms with Crippen molar-refractivity contribution in [3.05, 3.63) is 70.3 Å². The first-order valence-electron chi connectivity index (χ1n) is 13.3. The van der Waals surface area contributed by atoms with Crippen LogP contribution in [0.1, 0.15) is 25.8 Å². The SMILES string of the molecule is CC(C)CN(C[C@@H](N)[C@H](Cc1ccccc1)NC(=O)O[C@H]1CO[C@H]2OCC[C@H]21)S(=O)(=O)c1ccc([N+](=O)[O-])cc1. The molecule has 12 nitrogen and oxygen atoms in total. The zero-order chi connectivity index (χ0) is 28.9. The van der Waals surface area contributed by atoms with Crippen LogP contribution in [-0.4, -0.2) is 74.5 Å². The number of benzene rings is 2. The molecule has 2 heterocycles. The van der Waals surface area contributed by atoms with Gasteiger partial charge in [-0.15, -0.1) is 0 Å². The van der Waals surface area contributed by atoms with Crippen LogP contribution < -0.4 is 11.1 Å². The summed E-state index contributed by atoms with van der Waals surface area (Å²) >= 11 is 0. The molecule has 0 radical (unpaired) electrons. The first-order valence-corrected chi connectivity index (χ1v) is 14.7. The minimum Gasteiger partial charge on any atom is -0.443 e. The second kappa shape index (κ2) is 13.0. The number of carbonyl (C=O) groups is 1. The molecular weight excluding hydrogens is 540 g/mol. The highest BCUT2D eigenvalue weighted by Gasteiger charge is 2.44. The van der Waals surface area contributed by atoms with Gasteiger partial charge in [0.2, 0.25) is 10.0 Å². The number of rotatable bonds is 12. The third kappa shape index (κ3) is 7.34. The number of alkyl carbamates (subject to hydrolysis) is 1. The maximum atomic E-state index is 13.6. The second-order valence-corrected chi connectivity index (χ2v) is 12.5. The number of fused-ring (bicyclic) bond motifs is 1. The zero-order valence-electron chi connectivity index (χ0n) is 22.5. The highest BCUT2D eigenvalue weighted by Crippen LogP contribution is 2.33. The smallest absolute Gasteiger partial charge is 0.407 e. The summed E-state index contributed by atoms with van der Waals surface area (Å²) < 4.78 is 45.2. The van der Waals surface area contributed by atoms with Crippen LogP contribution in [0.5, 0.6) is 0 Å². The fourth-order valence-electron chi connectivity index (χ4n) is 4.98. The highest BCUT2D eigenvalue weighted by atomic mass is 32.2. The van der Waals surface area contributed by atoms with Crippen LogP contribution in [0.3, 0.4) is 0 Å². The van der Waals surface area contributed by atoms with Gasteiger partial charge in [-0.05, 0) is 36.5 Å². The second-order valence-electron chi connectivity index (χ2n) is 10.5. The van der Waals surface area contributed by atoms with Gasteiger partial charge in [-0.2, -0.15) is 4.31 Å². The molecule has 40 heavy (non-hydrogen) atoms. The Kier molecular flexibility index (Phi) is 9.74. The number of ether oxygens (including phenoxy) is 3. The molecule has 0 bridgehead atoms. The molecule has 218 valence electrons. The maximum Gasteiger partial charge on any atom is 0.407 e. The van der Waals surface area contributed by atoms with E-state index in [-0.39, 0.29) is 48.4 Å². The predicted molar refractivity (Wildman–Crippen MR) is 146 cm³/mol. The fraction of sp³-hybridized carbons (Fsp3) is 0.519. The molecule has 3 N–H and O–H groups in total. The van der Waals surface area contributed by atoms with Gasteiger partial charge in [0, 0.05) is 31.3 Å². The number of nitrogens with zero attached hydrogens (tertiary/aromatic N) is 2. The van der Waals surface area contributed by atoms with Gasteiger partial charge in [0.1, 0.15) is 6.10 Å². The molecular formula is C27H36N4O8S. The Labute approximate surface area is 234 Å². The van der Waals surface area contributed by atoms with E-state index < -0.39 is 39.2 Å². The number of hydrogen-bond acceptors (Lipinski definition) is 9. The zero-order valence-corrected chi connectivity index (χ0v) is 23.4. The van der Waals surface area contributed by atoms with Crippen LogP contribution in [0.2, 0.25) is 0 Å². The van der Waals surface area contributed by atoms with Crippen LogP contribution in [0, 0.1) is 22.0 Å². The number of nitro benzene ring substituents is 1. The molecule has 0 unspecified atom stereocenters. The van der Waals surface area contributed by atoms with Crippen molar-refractivity contribution in [1.29, 1.82) is 0 Å². The lowest BCUT2D eigenvalue weighted by molar-refractivity contribution is -0.384. The van der Waals surface area contributed by atoms with E-state index in [1.165, 1.54) is 16.4 Å². The quantitative estimate of drug-likeness (QED) is 0.286. The standard InChI is InChI=1S/C27H36N4O8S/c1-18(2)15-30(40(35,36)21-10-8-20(9-11-21)31(33)34)16-23(28)24(14-19-6-4-3-5-7-19)29-27(32)39-25-17-38-26-22(25)12-13-37-26/h3-11,18,22-26H,12-17,28H2,1-2H3,(H,29,32)/t22-,23+,24-,25-,26+/m0/s1. The average molecular weight is 577 g/mol. The topological polar surface area (TPSA) is 163 Å². The van der Waals surface area contributed by atoms with Gasteiger partial charge in [-0.25, -0.2) is 13.2 Å². The molecule has 13 heteroatoms. The van der Waals surface area contributed by atoms with E-state index in [0.29, 0.717) is 13.0 Å². The van der Waals surface area contributed by atoms with E-state index in [4.69, 9.17) is 19.9 Å². The Bertz CT molecular complexity index is 1260. The highest BCUT2D eigenvalue weighted by molar-refractivity contribution is 7.89. The van der Waals surface area contributed by atoms with Crippen molar-refractivity contribution in [3.63, 3.8) is 0 Å². The number of nitrogens with one attached hydrogen (secondary N) is 1. The van der Waals surface area contributed by atoms with Crippen molar-refractivity contribution in [1.82, 2.24) is 9.62 Å². The van der Waals surface area contributed by atoms with Gasteiger partial charge >= 0.3 is 6.09 Å². The molecule has 2 aliphatic heterocycles. The van der Waals surface area contributed by atoms with Gasteiger partial charge in [-0.1, -0.05) is 44.2 Å². The number of amides is 1. The predicted octanol–water partition coefficient (Wildman–Crippen LogP) is 2.67. The summed E-state index contributed by atoms with van der Waals surface area (Å²) in [5, 5.41) is 13.9. The first-order chi connectivity index (χ1) is 19.0. The van der Waals surface area contributed by atoms with Gasteiger partial charge < -0.3 is 25.3 Å². The number of hydrogen-bond donors (Lipinski definition) is 2. The number of non-ortho nitro benzene ring substituents is 1. The van der Waals surface area contributed by atoms with E-state index in [0.717, 1.165) is 24.1 Å². The molecule has 4 rings (SSSR count). The average Bonchev–Trinajstić information content (AvgIpc) is 3.53. The Morgan fingerprint density at radius 1 is 1.15 bits per heavy atom. The summed E-state index contributed by atoms with van der Waals surface area (Å²) in [4.78, 5) is 23.4. The maximum absolute atomic E-state index is 13.6. The summed E-state index contributed by atoms with van der Waals surface area (Å²) in [6.07, 6.45) is -0.387.